The van der Waals surface area contributed by atoms with Crippen LogP contribution in [0.3, 0.4) is 0 Å². The van der Waals surface area contributed by atoms with Crippen LogP contribution in [-0.4, -0.2) is 11.7 Å². The minimum atomic E-state index is 0.186. The highest BCUT2D eigenvalue weighted by Crippen LogP contribution is 2.23. The van der Waals surface area contributed by atoms with Gasteiger partial charge in [0.25, 0.3) is 0 Å². The van der Waals surface area contributed by atoms with E-state index in [0.29, 0.717) is 0 Å². The van der Waals surface area contributed by atoms with Crippen LogP contribution in [0.1, 0.15) is 98.8 Å². The molecule has 1 heteroatoms. The van der Waals surface area contributed by atoms with Crippen molar-refractivity contribution in [2.75, 3.05) is 6.61 Å². The quantitative estimate of drug-likeness (QED) is 0.278. The molecule has 2 atom stereocenters. The van der Waals surface area contributed by atoms with Gasteiger partial charge in [-0.25, -0.2) is 0 Å². The second-order valence-corrected chi connectivity index (χ2v) is 7.98. The van der Waals surface area contributed by atoms with Crippen molar-refractivity contribution in [2.24, 2.45) is 17.8 Å². The number of hydrogen-bond acceptors (Lipinski definition) is 1. The molecule has 0 rings (SSSR count). The Morgan fingerprint density at radius 3 is 1.91 bits per heavy atom. The van der Waals surface area contributed by atoms with Crippen molar-refractivity contribution >= 4 is 0 Å². The van der Waals surface area contributed by atoms with Crippen molar-refractivity contribution in [3.05, 3.63) is 11.6 Å². The zero-order chi connectivity index (χ0) is 16.8. The predicted octanol–water partition coefficient (Wildman–Crippen LogP) is 6.75. The summed E-state index contributed by atoms with van der Waals surface area (Å²) in [6.07, 6.45) is 15.7. The third-order valence-electron chi connectivity index (χ3n) is 4.64. The van der Waals surface area contributed by atoms with Gasteiger partial charge in [-0.15, -0.1) is 0 Å². The maximum absolute atomic E-state index is 8.90. The van der Waals surface area contributed by atoms with Crippen LogP contribution in [0.5, 0.6) is 0 Å². The molecule has 2 unspecified atom stereocenters. The van der Waals surface area contributed by atoms with Crippen LogP contribution in [0.15, 0.2) is 11.6 Å². The van der Waals surface area contributed by atoms with E-state index in [4.69, 9.17) is 5.11 Å². The molecule has 0 aromatic carbocycles. The lowest BCUT2D eigenvalue weighted by Crippen LogP contribution is -2.04. The molecule has 0 aromatic heterocycles. The Bertz CT molecular complexity index is 267. The molecule has 0 saturated heterocycles. The van der Waals surface area contributed by atoms with E-state index in [-0.39, 0.29) is 6.61 Å². The van der Waals surface area contributed by atoms with Crippen LogP contribution in [0, 0.1) is 17.8 Å². The first kappa shape index (κ1) is 21.7. The van der Waals surface area contributed by atoms with Gasteiger partial charge in [-0.3, -0.25) is 0 Å². The zero-order valence-corrected chi connectivity index (χ0v) is 16.0. The Labute approximate surface area is 140 Å². The van der Waals surface area contributed by atoms with E-state index in [1.807, 2.05) is 6.08 Å². The highest BCUT2D eigenvalue weighted by atomic mass is 16.2. The van der Waals surface area contributed by atoms with Crippen molar-refractivity contribution in [1.29, 1.82) is 0 Å². The fourth-order valence-electron chi connectivity index (χ4n) is 3.43. The lowest BCUT2D eigenvalue weighted by molar-refractivity contribution is 0.339. The zero-order valence-electron chi connectivity index (χ0n) is 16.0. The average Bonchev–Trinajstić information content (AvgIpc) is 2.41. The number of allylic oxidation sites excluding steroid dienone is 1. The summed E-state index contributed by atoms with van der Waals surface area (Å²) in [6, 6.07) is 0. The molecule has 0 amide bonds. The standard InChI is InChI=1S/C21H42O/c1-18(2)12-10-8-6-7-9-11-13-19(3)16-21(5)17-20(4)14-15-22/h14,18-19,21-22H,6-13,15-17H2,1-5H3/b20-14+. The number of aliphatic hydroxyl groups is 1. The summed E-state index contributed by atoms with van der Waals surface area (Å²) in [6.45, 7) is 11.7. The first-order valence-corrected chi connectivity index (χ1v) is 9.72. The van der Waals surface area contributed by atoms with Gasteiger partial charge in [0.15, 0.2) is 0 Å². The SMILES string of the molecule is C/C(=C\CO)CC(C)CC(C)CCCCCCCCC(C)C. The molecule has 1 nitrogen and oxygen atoms in total. The molecule has 0 aromatic rings. The van der Waals surface area contributed by atoms with Crippen molar-refractivity contribution in [3.8, 4) is 0 Å². The summed E-state index contributed by atoms with van der Waals surface area (Å²) in [5.74, 6) is 2.46. The molecule has 0 heterocycles. The highest BCUT2D eigenvalue weighted by Gasteiger charge is 2.09. The normalized spacial score (nSPS) is 15.3. The van der Waals surface area contributed by atoms with Gasteiger partial charge >= 0.3 is 0 Å². The predicted molar refractivity (Wildman–Crippen MR) is 100 cm³/mol. The van der Waals surface area contributed by atoms with Gasteiger partial charge in [0.1, 0.15) is 0 Å². The molecule has 0 spiro atoms. The minimum Gasteiger partial charge on any atom is -0.392 e. The van der Waals surface area contributed by atoms with E-state index in [2.05, 4.69) is 34.6 Å². The maximum Gasteiger partial charge on any atom is 0.0614 e. The highest BCUT2D eigenvalue weighted by molar-refractivity contribution is 4.98. The van der Waals surface area contributed by atoms with E-state index in [9.17, 15) is 0 Å². The average molecular weight is 311 g/mol. The molecule has 0 aliphatic rings. The Hall–Kier alpha value is -0.300. The second-order valence-electron chi connectivity index (χ2n) is 7.98. The summed E-state index contributed by atoms with van der Waals surface area (Å²) < 4.78 is 0. The minimum absolute atomic E-state index is 0.186. The summed E-state index contributed by atoms with van der Waals surface area (Å²) in [5.41, 5.74) is 1.34. The smallest absolute Gasteiger partial charge is 0.0614 e. The molecule has 0 saturated carbocycles. The molecule has 0 aliphatic heterocycles. The van der Waals surface area contributed by atoms with Gasteiger partial charge in [0.2, 0.25) is 0 Å². The van der Waals surface area contributed by atoms with Gasteiger partial charge in [-0.05, 0) is 37.5 Å². The van der Waals surface area contributed by atoms with Crippen LogP contribution in [0.4, 0.5) is 0 Å². The lowest BCUT2D eigenvalue weighted by atomic mass is 9.89. The number of hydrogen-bond donors (Lipinski definition) is 1. The van der Waals surface area contributed by atoms with E-state index in [1.54, 1.807) is 0 Å². The molecule has 132 valence electrons. The topological polar surface area (TPSA) is 20.2 Å². The summed E-state index contributed by atoms with van der Waals surface area (Å²) in [4.78, 5) is 0. The van der Waals surface area contributed by atoms with Gasteiger partial charge in [0.05, 0.1) is 6.61 Å². The Kier molecular flexibility index (Phi) is 14.1. The van der Waals surface area contributed by atoms with Crippen LogP contribution in [-0.2, 0) is 0 Å². The number of rotatable bonds is 14. The lowest BCUT2D eigenvalue weighted by Gasteiger charge is -2.17. The Morgan fingerprint density at radius 2 is 1.36 bits per heavy atom. The van der Waals surface area contributed by atoms with E-state index < -0.39 is 0 Å². The van der Waals surface area contributed by atoms with Crippen LogP contribution in [0.2, 0.25) is 0 Å². The fourth-order valence-corrected chi connectivity index (χ4v) is 3.43. The van der Waals surface area contributed by atoms with Crippen molar-refractivity contribution in [2.45, 2.75) is 98.8 Å². The van der Waals surface area contributed by atoms with Crippen molar-refractivity contribution < 1.29 is 5.11 Å². The second kappa shape index (κ2) is 14.3. The molecule has 0 radical (unpaired) electrons. The van der Waals surface area contributed by atoms with Gasteiger partial charge in [-0.1, -0.05) is 90.7 Å². The molecule has 22 heavy (non-hydrogen) atoms. The fraction of sp³-hybridized carbons (Fsp3) is 0.905. The Morgan fingerprint density at radius 1 is 0.818 bits per heavy atom. The van der Waals surface area contributed by atoms with Crippen LogP contribution in [0.25, 0.3) is 0 Å². The third kappa shape index (κ3) is 14.6. The molecule has 0 bridgehead atoms. The van der Waals surface area contributed by atoms with E-state index in [1.165, 1.54) is 63.4 Å². The molecule has 0 fully saturated rings. The van der Waals surface area contributed by atoms with Gasteiger partial charge in [-0.2, -0.15) is 0 Å². The van der Waals surface area contributed by atoms with E-state index in [0.717, 1.165) is 24.2 Å². The summed E-state index contributed by atoms with van der Waals surface area (Å²) in [5, 5.41) is 8.90. The maximum atomic E-state index is 8.90. The largest absolute Gasteiger partial charge is 0.392 e. The van der Waals surface area contributed by atoms with Crippen molar-refractivity contribution in [1.82, 2.24) is 0 Å². The van der Waals surface area contributed by atoms with Crippen LogP contribution >= 0.6 is 0 Å². The first-order valence-electron chi connectivity index (χ1n) is 9.72. The third-order valence-corrected chi connectivity index (χ3v) is 4.64. The van der Waals surface area contributed by atoms with Gasteiger partial charge < -0.3 is 5.11 Å². The molecular weight excluding hydrogens is 268 g/mol. The van der Waals surface area contributed by atoms with Gasteiger partial charge in [0, 0.05) is 0 Å². The molecule has 0 aliphatic carbocycles. The molecular formula is C21H42O. The molecule has 1 N–H and O–H groups in total. The van der Waals surface area contributed by atoms with Crippen LogP contribution < -0.4 is 0 Å². The summed E-state index contributed by atoms with van der Waals surface area (Å²) >= 11 is 0. The number of aliphatic hydroxyl groups excluding tert-OH is 1. The van der Waals surface area contributed by atoms with E-state index >= 15 is 0 Å². The monoisotopic (exact) mass is 310 g/mol. The number of unbranched alkanes of at least 4 members (excludes halogenated alkanes) is 5. The first-order chi connectivity index (χ1) is 10.5. The Balaban J connectivity index is 3.49. The summed E-state index contributed by atoms with van der Waals surface area (Å²) in [7, 11) is 0. The van der Waals surface area contributed by atoms with Crippen molar-refractivity contribution in [3.63, 3.8) is 0 Å².